The summed E-state index contributed by atoms with van der Waals surface area (Å²) in [4.78, 5) is 54.6. The molecule has 6 N–H and O–H groups in total. The minimum absolute atomic E-state index is 0.192. The Hall–Kier alpha value is -3.27. The third-order valence-electron chi connectivity index (χ3n) is 6.90. The zero-order valence-corrected chi connectivity index (χ0v) is 22.8. The van der Waals surface area contributed by atoms with Crippen molar-refractivity contribution in [3.05, 3.63) is 36.2 Å². The molecule has 2 atom stereocenters. The van der Waals surface area contributed by atoms with Crippen molar-refractivity contribution in [3.8, 4) is 0 Å². The quantitative estimate of drug-likeness (QED) is 0.173. The first-order valence-electron chi connectivity index (χ1n) is 13.8. The van der Waals surface area contributed by atoms with E-state index in [1.807, 2.05) is 13.0 Å². The number of hydrogen-bond donors (Lipinski definition) is 5. The second-order valence-corrected chi connectivity index (χ2v) is 9.93. The molecule has 0 radical (unpaired) electrons. The highest BCUT2D eigenvalue weighted by Gasteiger charge is 2.41. The molecule has 1 saturated carbocycles. The Labute approximate surface area is 226 Å². The number of aromatic nitrogens is 1. The van der Waals surface area contributed by atoms with E-state index in [0.717, 1.165) is 37.7 Å². The molecule has 1 aliphatic rings. The van der Waals surface area contributed by atoms with Crippen LogP contribution in [-0.4, -0.2) is 59.8 Å². The highest BCUT2D eigenvalue weighted by molar-refractivity contribution is 5.95. The number of pyridine rings is 1. The van der Waals surface area contributed by atoms with Crippen molar-refractivity contribution < 1.29 is 19.2 Å². The van der Waals surface area contributed by atoms with E-state index in [9.17, 15) is 19.2 Å². The van der Waals surface area contributed by atoms with Gasteiger partial charge in [-0.3, -0.25) is 24.2 Å². The maximum Gasteiger partial charge on any atom is 0.245 e. The van der Waals surface area contributed by atoms with Crippen LogP contribution < -0.4 is 27.0 Å². The van der Waals surface area contributed by atoms with E-state index in [1.165, 1.54) is 6.08 Å². The Kier molecular flexibility index (Phi) is 13.5. The molecule has 2 rings (SSSR count). The Bertz CT molecular complexity index is 931. The Morgan fingerprint density at radius 2 is 1.84 bits per heavy atom. The predicted octanol–water partition coefficient (Wildman–Crippen LogP) is 1.95. The van der Waals surface area contributed by atoms with Crippen molar-refractivity contribution in [2.45, 2.75) is 95.2 Å². The Morgan fingerprint density at radius 1 is 1.08 bits per heavy atom. The van der Waals surface area contributed by atoms with E-state index in [-0.39, 0.29) is 23.6 Å². The fraction of sp³-hybridized carbons (Fsp3) is 0.607. The van der Waals surface area contributed by atoms with Gasteiger partial charge in [0.25, 0.3) is 0 Å². The monoisotopic (exact) mass is 528 g/mol. The summed E-state index contributed by atoms with van der Waals surface area (Å²) >= 11 is 0. The summed E-state index contributed by atoms with van der Waals surface area (Å²) in [5.74, 6) is -1.12. The summed E-state index contributed by atoms with van der Waals surface area (Å²) < 4.78 is 0. The second-order valence-electron chi connectivity index (χ2n) is 9.93. The van der Waals surface area contributed by atoms with Gasteiger partial charge in [-0.05, 0) is 56.2 Å². The first kappa shape index (κ1) is 31.0. The molecule has 210 valence electrons. The Morgan fingerprint density at radius 3 is 2.50 bits per heavy atom. The maximum atomic E-state index is 13.2. The van der Waals surface area contributed by atoms with Crippen LogP contribution in [0.15, 0.2) is 30.6 Å². The number of nitrogens with two attached hydrogens (primary N) is 1. The van der Waals surface area contributed by atoms with Crippen molar-refractivity contribution >= 4 is 29.7 Å². The van der Waals surface area contributed by atoms with Crippen LogP contribution in [0.5, 0.6) is 0 Å². The molecular weight excluding hydrogens is 484 g/mol. The summed E-state index contributed by atoms with van der Waals surface area (Å²) in [5.41, 5.74) is 6.03. The van der Waals surface area contributed by atoms with Gasteiger partial charge in [0.05, 0.1) is 6.04 Å². The molecular formula is C28H44N6O4. The number of nitrogens with zero attached hydrogens (tertiary/aromatic N) is 1. The number of nitrogens with one attached hydrogen (secondary N) is 4. The van der Waals surface area contributed by atoms with Crippen LogP contribution in [0.3, 0.4) is 0 Å². The predicted molar refractivity (Wildman–Crippen MR) is 148 cm³/mol. The number of unbranched alkanes of at least 4 members (excludes halogenated alkanes) is 2. The van der Waals surface area contributed by atoms with Crippen molar-refractivity contribution in [1.82, 2.24) is 26.3 Å². The van der Waals surface area contributed by atoms with E-state index in [1.54, 1.807) is 31.6 Å². The number of carbonyl (C=O) groups excluding carboxylic acids is 4. The molecule has 0 unspecified atom stereocenters. The zero-order chi connectivity index (χ0) is 27.8. The van der Waals surface area contributed by atoms with E-state index in [2.05, 4.69) is 26.3 Å². The molecule has 1 heterocycles. The van der Waals surface area contributed by atoms with Crippen LogP contribution in [-0.2, 0) is 19.2 Å². The lowest BCUT2D eigenvalue weighted by Gasteiger charge is -2.37. The van der Waals surface area contributed by atoms with Crippen LogP contribution in [0.2, 0.25) is 0 Å². The molecule has 0 saturated heterocycles. The van der Waals surface area contributed by atoms with Crippen LogP contribution in [0, 0.1) is 0 Å². The molecule has 0 aliphatic heterocycles. The lowest BCUT2D eigenvalue weighted by Crippen LogP contribution is -2.63. The van der Waals surface area contributed by atoms with Gasteiger partial charge in [-0.25, -0.2) is 0 Å². The van der Waals surface area contributed by atoms with Crippen LogP contribution in [0.25, 0.3) is 6.08 Å². The minimum Gasteiger partial charge on any atom is -0.357 e. The largest absolute Gasteiger partial charge is 0.357 e. The summed E-state index contributed by atoms with van der Waals surface area (Å²) in [6.07, 6.45) is 14.3. The van der Waals surface area contributed by atoms with Gasteiger partial charge in [0.1, 0.15) is 11.6 Å². The molecule has 10 heteroatoms. The molecule has 1 aromatic rings. The molecule has 4 amide bonds. The van der Waals surface area contributed by atoms with E-state index < -0.39 is 17.6 Å². The molecule has 0 aromatic carbocycles. The number of carbonyl (C=O) groups is 4. The number of likely N-dealkylation sites (N-methyl/N-ethyl adjacent to an activating group) is 1. The molecule has 38 heavy (non-hydrogen) atoms. The van der Waals surface area contributed by atoms with Crippen molar-refractivity contribution in [2.24, 2.45) is 5.73 Å². The normalized spacial score (nSPS) is 16.3. The van der Waals surface area contributed by atoms with E-state index in [0.29, 0.717) is 45.1 Å². The minimum atomic E-state index is -0.932. The summed E-state index contributed by atoms with van der Waals surface area (Å²) in [7, 11) is 1.57. The van der Waals surface area contributed by atoms with Gasteiger partial charge in [-0.1, -0.05) is 45.1 Å². The van der Waals surface area contributed by atoms with Gasteiger partial charge in [0, 0.05) is 32.1 Å². The van der Waals surface area contributed by atoms with Crippen molar-refractivity contribution in [2.75, 3.05) is 13.6 Å². The second kappa shape index (κ2) is 16.5. The topological polar surface area (TPSA) is 155 Å². The molecule has 0 bridgehead atoms. The molecule has 10 nitrogen and oxygen atoms in total. The van der Waals surface area contributed by atoms with Gasteiger partial charge in [-0.2, -0.15) is 0 Å². The fourth-order valence-corrected chi connectivity index (χ4v) is 4.62. The third-order valence-corrected chi connectivity index (χ3v) is 6.90. The van der Waals surface area contributed by atoms with Crippen molar-refractivity contribution in [3.63, 3.8) is 0 Å². The smallest absolute Gasteiger partial charge is 0.245 e. The fourth-order valence-electron chi connectivity index (χ4n) is 4.62. The number of amides is 4. The van der Waals surface area contributed by atoms with Gasteiger partial charge < -0.3 is 27.0 Å². The summed E-state index contributed by atoms with van der Waals surface area (Å²) in [5, 5.41) is 11.3. The lowest BCUT2D eigenvalue weighted by atomic mass is 9.80. The summed E-state index contributed by atoms with van der Waals surface area (Å²) in [6, 6.07) is 2.14. The standard InChI is InChI=1S/C28H44N6O4/c1-3-4-13-23(26(37)34-28(27(38)30-2)16-7-5-8-17-28)33-25(36)22(29)12-6-9-19-32-24(35)15-14-21-11-10-18-31-20-21/h10-11,14-15,18,20,22-23H,3-9,12-13,16-17,19,29H2,1-2H3,(H,30,38)(H,32,35)(H,33,36)(H,34,37)/b15-14+/t22-,23-/m0/s1. The first-order valence-corrected chi connectivity index (χ1v) is 13.8. The van der Waals surface area contributed by atoms with Gasteiger partial charge in [-0.15, -0.1) is 0 Å². The van der Waals surface area contributed by atoms with Gasteiger partial charge >= 0.3 is 0 Å². The van der Waals surface area contributed by atoms with Gasteiger partial charge in [0.2, 0.25) is 23.6 Å². The number of rotatable bonds is 15. The molecule has 1 fully saturated rings. The van der Waals surface area contributed by atoms with E-state index in [4.69, 9.17) is 5.73 Å². The maximum absolute atomic E-state index is 13.2. The molecule has 1 aliphatic carbocycles. The van der Waals surface area contributed by atoms with Crippen LogP contribution >= 0.6 is 0 Å². The van der Waals surface area contributed by atoms with Crippen LogP contribution in [0.1, 0.15) is 83.1 Å². The highest BCUT2D eigenvalue weighted by atomic mass is 16.2. The average molecular weight is 529 g/mol. The average Bonchev–Trinajstić information content (AvgIpc) is 2.94. The third kappa shape index (κ3) is 10.2. The van der Waals surface area contributed by atoms with E-state index >= 15 is 0 Å². The van der Waals surface area contributed by atoms with Crippen molar-refractivity contribution in [1.29, 1.82) is 0 Å². The lowest BCUT2D eigenvalue weighted by molar-refractivity contribution is -0.137. The SMILES string of the molecule is CCCC[C@H](NC(=O)[C@@H](N)CCCCNC(=O)/C=C/c1cccnc1)C(=O)NC1(C(=O)NC)CCCCC1. The van der Waals surface area contributed by atoms with Crippen LogP contribution in [0.4, 0.5) is 0 Å². The Balaban J connectivity index is 1.80. The highest BCUT2D eigenvalue weighted by Crippen LogP contribution is 2.28. The molecule has 1 aromatic heterocycles. The number of hydrogen-bond acceptors (Lipinski definition) is 6. The van der Waals surface area contributed by atoms with Gasteiger partial charge in [0.15, 0.2) is 0 Å². The summed E-state index contributed by atoms with van der Waals surface area (Å²) in [6.45, 7) is 2.48. The zero-order valence-electron chi connectivity index (χ0n) is 22.8. The molecule has 0 spiro atoms. The first-order chi connectivity index (χ1) is 18.3.